The summed E-state index contributed by atoms with van der Waals surface area (Å²) in [5.41, 5.74) is 4.07. The predicted octanol–water partition coefficient (Wildman–Crippen LogP) is 1.38. The molecule has 1 aromatic heterocycles. The molecule has 0 bridgehead atoms. The fourth-order valence-corrected chi connectivity index (χ4v) is 0.742. The highest BCUT2D eigenvalue weighted by atomic mass is 19.4. The van der Waals surface area contributed by atoms with Crippen LogP contribution in [0.5, 0.6) is 0 Å². The molecule has 0 spiro atoms. The summed E-state index contributed by atoms with van der Waals surface area (Å²) in [6, 6.07) is 0.787. The van der Waals surface area contributed by atoms with Gasteiger partial charge in [0.25, 0.3) is 0 Å². The smallest absolute Gasteiger partial charge is 0.384 e. The largest absolute Gasteiger partial charge is 0.417 e. The highest BCUT2D eigenvalue weighted by molar-refractivity contribution is 5.94. The van der Waals surface area contributed by atoms with Crippen LogP contribution in [-0.4, -0.2) is 10.8 Å². The highest BCUT2D eigenvalue weighted by Gasteiger charge is 2.31. The molecule has 0 aliphatic carbocycles. The van der Waals surface area contributed by atoms with Crippen LogP contribution >= 0.6 is 0 Å². The Hall–Kier alpha value is -1.59. The lowest BCUT2D eigenvalue weighted by molar-refractivity contribution is -0.137. The molecular weight excluding hydrogens is 183 g/mol. The number of halogens is 3. The van der Waals surface area contributed by atoms with Crippen molar-refractivity contribution in [3.63, 3.8) is 0 Å². The molecule has 0 unspecified atom stereocenters. The normalized spacial score (nSPS) is 11.3. The maximum atomic E-state index is 12.1. The van der Waals surface area contributed by atoms with Gasteiger partial charge in [0.15, 0.2) is 0 Å². The van der Waals surface area contributed by atoms with E-state index in [1.54, 1.807) is 0 Å². The van der Waals surface area contributed by atoms with Gasteiger partial charge in [-0.05, 0) is 6.07 Å². The van der Waals surface area contributed by atoms with E-state index in [1.807, 2.05) is 0 Å². The van der Waals surface area contributed by atoms with Crippen LogP contribution in [0.1, 0.15) is 11.1 Å². The minimum absolute atomic E-state index is 0.0326. The van der Waals surface area contributed by atoms with Crippen molar-refractivity contribution in [1.29, 1.82) is 5.41 Å². The minimum Gasteiger partial charge on any atom is -0.384 e. The summed E-state index contributed by atoms with van der Waals surface area (Å²) in [5, 5.41) is 6.91. The van der Waals surface area contributed by atoms with Crippen molar-refractivity contribution >= 4 is 5.84 Å². The van der Waals surface area contributed by atoms with Crippen LogP contribution in [0.3, 0.4) is 0 Å². The Balaban J connectivity index is 3.13. The Morgan fingerprint density at radius 2 is 2.00 bits per heavy atom. The van der Waals surface area contributed by atoms with Crippen molar-refractivity contribution in [2.45, 2.75) is 6.18 Å². The summed E-state index contributed by atoms with van der Waals surface area (Å²) in [4.78, 5) is 3.33. The summed E-state index contributed by atoms with van der Waals surface area (Å²) in [5.74, 6) is -0.432. The van der Waals surface area contributed by atoms with Crippen molar-refractivity contribution in [2.24, 2.45) is 5.73 Å². The number of nitrogen functional groups attached to an aromatic ring is 1. The van der Waals surface area contributed by atoms with Crippen molar-refractivity contribution in [2.75, 3.05) is 0 Å². The Labute approximate surface area is 71.9 Å². The fourth-order valence-electron chi connectivity index (χ4n) is 0.742. The van der Waals surface area contributed by atoms with Crippen LogP contribution in [-0.2, 0) is 6.18 Å². The van der Waals surface area contributed by atoms with E-state index in [9.17, 15) is 13.2 Å². The van der Waals surface area contributed by atoms with Crippen molar-refractivity contribution in [1.82, 2.24) is 4.98 Å². The monoisotopic (exact) mass is 189 g/mol. The van der Waals surface area contributed by atoms with Crippen molar-refractivity contribution in [3.05, 3.63) is 29.6 Å². The maximum Gasteiger partial charge on any atom is 0.417 e. The molecule has 1 rings (SSSR count). The summed E-state index contributed by atoms with van der Waals surface area (Å²) in [6.07, 6.45) is -2.65. The van der Waals surface area contributed by atoms with E-state index in [4.69, 9.17) is 11.1 Å². The number of hydrogen-bond acceptors (Lipinski definition) is 2. The van der Waals surface area contributed by atoms with Crippen LogP contribution in [0.25, 0.3) is 0 Å². The van der Waals surface area contributed by atoms with Gasteiger partial charge >= 0.3 is 6.18 Å². The number of aromatic nitrogens is 1. The van der Waals surface area contributed by atoms with Crippen LogP contribution in [0.4, 0.5) is 13.2 Å². The van der Waals surface area contributed by atoms with E-state index in [0.29, 0.717) is 6.20 Å². The van der Waals surface area contributed by atoms with E-state index < -0.39 is 17.6 Å². The molecule has 0 aliphatic rings. The first-order valence-electron chi connectivity index (χ1n) is 3.28. The summed E-state index contributed by atoms with van der Waals surface area (Å²) in [7, 11) is 0. The van der Waals surface area contributed by atoms with Crippen molar-refractivity contribution < 1.29 is 13.2 Å². The number of rotatable bonds is 1. The van der Waals surface area contributed by atoms with Gasteiger partial charge in [0.2, 0.25) is 0 Å². The second-order valence-corrected chi connectivity index (χ2v) is 2.37. The van der Waals surface area contributed by atoms with E-state index in [1.165, 1.54) is 0 Å². The Kier molecular flexibility index (Phi) is 2.22. The maximum absolute atomic E-state index is 12.1. The third kappa shape index (κ3) is 2.17. The second-order valence-electron chi connectivity index (χ2n) is 2.37. The molecule has 0 amide bonds. The first-order valence-corrected chi connectivity index (χ1v) is 3.28. The Morgan fingerprint density at radius 3 is 2.46 bits per heavy atom. The van der Waals surface area contributed by atoms with Crippen LogP contribution in [0, 0.1) is 5.41 Å². The summed E-state index contributed by atoms with van der Waals surface area (Å²) < 4.78 is 36.2. The van der Waals surface area contributed by atoms with Gasteiger partial charge in [0, 0.05) is 18.0 Å². The third-order valence-corrected chi connectivity index (χ3v) is 1.38. The van der Waals surface area contributed by atoms with Gasteiger partial charge in [-0.1, -0.05) is 0 Å². The third-order valence-electron chi connectivity index (χ3n) is 1.38. The molecule has 70 valence electrons. The lowest BCUT2D eigenvalue weighted by Gasteiger charge is -2.06. The molecule has 0 aromatic carbocycles. The molecule has 13 heavy (non-hydrogen) atoms. The van der Waals surface area contributed by atoms with E-state index in [-0.39, 0.29) is 5.56 Å². The van der Waals surface area contributed by atoms with Gasteiger partial charge in [0.1, 0.15) is 5.84 Å². The molecule has 3 N–H and O–H groups in total. The zero-order chi connectivity index (χ0) is 10.1. The zero-order valence-electron chi connectivity index (χ0n) is 6.39. The molecule has 0 aliphatic heterocycles. The number of pyridine rings is 1. The Bertz CT molecular complexity index is 332. The van der Waals surface area contributed by atoms with Crippen molar-refractivity contribution in [3.8, 4) is 0 Å². The molecule has 0 saturated carbocycles. The number of nitrogens with zero attached hydrogens (tertiary/aromatic N) is 1. The molecule has 3 nitrogen and oxygen atoms in total. The van der Waals surface area contributed by atoms with E-state index in [0.717, 1.165) is 12.3 Å². The number of amidine groups is 1. The first-order chi connectivity index (χ1) is 5.91. The number of nitrogens with one attached hydrogen (secondary N) is 1. The molecule has 0 radical (unpaired) electrons. The molecule has 0 atom stereocenters. The van der Waals surface area contributed by atoms with Crippen LogP contribution in [0.15, 0.2) is 18.5 Å². The summed E-state index contributed by atoms with van der Waals surface area (Å²) >= 11 is 0. The number of nitrogens with two attached hydrogens (primary N) is 1. The average Bonchev–Trinajstić information content (AvgIpc) is 2.03. The topological polar surface area (TPSA) is 62.8 Å². The van der Waals surface area contributed by atoms with E-state index in [2.05, 4.69) is 4.98 Å². The van der Waals surface area contributed by atoms with Crippen LogP contribution < -0.4 is 5.73 Å². The molecule has 6 heteroatoms. The molecule has 1 heterocycles. The predicted molar refractivity (Wildman–Crippen MR) is 40.3 cm³/mol. The van der Waals surface area contributed by atoms with Gasteiger partial charge in [-0.25, -0.2) is 0 Å². The second kappa shape index (κ2) is 3.04. The molecule has 1 aromatic rings. The zero-order valence-corrected chi connectivity index (χ0v) is 6.39. The highest BCUT2D eigenvalue weighted by Crippen LogP contribution is 2.28. The van der Waals surface area contributed by atoms with Gasteiger partial charge in [-0.15, -0.1) is 0 Å². The lowest BCUT2D eigenvalue weighted by atomic mass is 10.2. The van der Waals surface area contributed by atoms with Crippen LogP contribution in [0.2, 0.25) is 0 Å². The quantitative estimate of drug-likeness (QED) is 0.517. The number of hydrogen-bond donors (Lipinski definition) is 2. The summed E-state index contributed by atoms with van der Waals surface area (Å²) in [6.45, 7) is 0. The Morgan fingerprint density at radius 1 is 1.38 bits per heavy atom. The molecule has 0 fully saturated rings. The van der Waals surface area contributed by atoms with Gasteiger partial charge < -0.3 is 5.73 Å². The van der Waals surface area contributed by atoms with Gasteiger partial charge in [0.05, 0.1) is 5.56 Å². The molecule has 0 saturated heterocycles. The SMILES string of the molecule is N=C(N)c1cncc(C(F)(F)F)c1. The minimum atomic E-state index is -4.45. The number of alkyl halides is 3. The average molecular weight is 189 g/mol. The fraction of sp³-hybridized carbons (Fsp3) is 0.143. The standard InChI is InChI=1S/C7H6F3N3/c8-7(9,10)5-1-4(6(11)12)2-13-3-5/h1-3H,(H3,11,12). The van der Waals surface area contributed by atoms with Gasteiger partial charge in [-0.3, -0.25) is 10.4 Å². The lowest BCUT2D eigenvalue weighted by Crippen LogP contribution is -2.14. The van der Waals surface area contributed by atoms with E-state index >= 15 is 0 Å². The first kappa shape index (κ1) is 9.50. The van der Waals surface area contributed by atoms with Gasteiger partial charge in [-0.2, -0.15) is 13.2 Å². The molecular formula is C7H6F3N3.